The molecule has 0 aliphatic heterocycles. The summed E-state index contributed by atoms with van der Waals surface area (Å²) in [5.41, 5.74) is 7.74. The SMILES string of the molecule is C=CC1=C2/C(=C\CC)C=CCCC2C(CC)=C1CCC. The van der Waals surface area contributed by atoms with Gasteiger partial charge in [0.25, 0.3) is 0 Å². The molecule has 0 heterocycles. The van der Waals surface area contributed by atoms with Crippen LogP contribution in [0.25, 0.3) is 0 Å². The van der Waals surface area contributed by atoms with Crippen LogP contribution in [0.4, 0.5) is 0 Å². The number of hydrogen-bond donors (Lipinski definition) is 0. The minimum absolute atomic E-state index is 0.641. The van der Waals surface area contributed by atoms with Gasteiger partial charge in [-0.1, -0.05) is 63.6 Å². The van der Waals surface area contributed by atoms with Crippen LogP contribution in [0.2, 0.25) is 0 Å². The van der Waals surface area contributed by atoms with E-state index in [4.69, 9.17) is 0 Å². The molecule has 0 aromatic carbocycles. The van der Waals surface area contributed by atoms with Crippen LogP contribution in [0, 0.1) is 5.92 Å². The van der Waals surface area contributed by atoms with Crippen LogP contribution >= 0.6 is 0 Å². The lowest BCUT2D eigenvalue weighted by Gasteiger charge is -2.18. The Labute approximate surface area is 124 Å². The molecule has 0 fully saturated rings. The maximum absolute atomic E-state index is 4.12. The van der Waals surface area contributed by atoms with Crippen LogP contribution in [0.3, 0.4) is 0 Å². The van der Waals surface area contributed by atoms with Gasteiger partial charge in [0.15, 0.2) is 0 Å². The second-order valence-electron chi connectivity index (χ2n) is 5.74. The molecule has 20 heavy (non-hydrogen) atoms. The number of rotatable bonds is 5. The zero-order valence-electron chi connectivity index (χ0n) is 13.3. The quantitative estimate of drug-likeness (QED) is 0.549. The maximum Gasteiger partial charge on any atom is 0.00689 e. The van der Waals surface area contributed by atoms with Gasteiger partial charge >= 0.3 is 0 Å². The Kier molecular flexibility index (Phi) is 5.23. The van der Waals surface area contributed by atoms with Gasteiger partial charge in [-0.05, 0) is 54.4 Å². The number of allylic oxidation sites excluding steroid dienone is 9. The van der Waals surface area contributed by atoms with E-state index in [9.17, 15) is 0 Å². The summed E-state index contributed by atoms with van der Waals surface area (Å²) in [6.07, 6.45) is 16.3. The Morgan fingerprint density at radius 1 is 1.30 bits per heavy atom. The second kappa shape index (κ2) is 6.92. The molecule has 0 aromatic rings. The highest BCUT2D eigenvalue weighted by molar-refractivity contribution is 5.63. The Morgan fingerprint density at radius 2 is 2.10 bits per heavy atom. The fourth-order valence-corrected chi connectivity index (χ4v) is 3.78. The summed E-state index contributed by atoms with van der Waals surface area (Å²) in [6, 6.07) is 0. The van der Waals surface area contributed by atoms with Gasteiger partial charge in [0.1, 0.15) is 0 Å². The van der Waals surface area contributed by atoms with E-state index in [-0.39, 0.29) is 0 Å². The predicted octanol–water partition coefficient (Wildman–Crippen LogP) is 6.29. The van der Waals surface area contributed by atoms with Crippen LogP contribution < -0.4 is 0 Å². The molecule has 1 unspecified atom stereocenters. The highest BCUT2D eigenvalue weighted by atomic mass is 14.4. The van der Waals surface area contributed by atoms with Gasteiger partial charge in [-0.15, -0.1) is 0 Å². The average Bonchev–Trinajstić information content (AvgIpc) is 2.60. The topological polar surface area (TPSA) is 0 Å². The summed E-state index contributed by atoms with van der Waals surface area (Å²) in [6.45, 7) is 10.9. The van der Waals surface area contributed by atoms with E-state index < -0.39 is 0 Å². The summed E-state index contributed by atoms with van der Waals surface area (Å²) in [5, 5.41) is 0. The molecule has 2 aliphatic rings. The van der Waals surface area contributed by atoms with Gasteiger partial charge in [0.2, 0.25) is 0 Å². The van der Waals surface area contributed by atoms with Crippen molar-refractivity contribution >= 4 is 0 Å². The third kappa shape index (κ3) is 2.61. The van der Waals surface area contributed by atoms with E-state index in [1.165, 1.54) is 43.3 Å². The molecule has 0 heteroatoms. The number of hydrogen-bond acceptors (Lipinski definition) is 0. The van der Waals surface area contributed by atoms with Crippen LogP contribution in [0.15, 0.2) is 58.7 Å². The molecule has 0 N–H and O–H groups in total. The molecular weight excluding hydrogens is 240 g/mol. The molecule has 2 aliphatic carbocycles. The van der Waals surface area contributed by atoms with Gasteiger partial charge in [-0.3, -0.25) is 0 Å². The van der Waals surface area contributed by atoms with Crippen LogP contribution in [-0.2, 0) is 0 Å². The monoisotopic (exact) mass is 268 g/mol. The van der Waals surface area contributed by atoms with Gasteiger partial charge in [0, 0.05) is 5.92 Å². The fourth-order valence-electron chi connectivity index (χ4n) is 3.78. The van der Waals surface area contributed by atoms with Gasteiger partial charge in [0.05, 0.1) is 0 Å². The van der Waals surface area contributed by atoms with Crippen molar-refractivity contribution in [1.29, 1.82) is 0 Å². The Bertz CT molecular complexity index is 494. The van der Waals surface area contributed by atoms with E-state index in [1.54, 1.807) is 16.7 Å². The van der Waals surface area contributed by atoms with Crippen molar-refractivity contribution in [2.45, 2.75) is 59.3 Å². The van der Waals surface area contributed by atoms with Gasteiger partial charge in [-0.25, -0.2) is 0 Å². The van der Waals surface area contributed by atoms with Crippen molar-refractivity contribution in [3.8, 4) is 0 Å². The third-order valence-electron chi connectivity index (χ3n) is 4.51. The molecule has 0 bridgehead atoms. The molecule has 0 radical (unpaired) electrons. The summed E-state index contributed by atoms with van der Waals surface area (Å²) in [5.74, 6) is 0.641. The smallest absolute Gasteiger partial charge is 0.00689 e. The van der Waals surface area contributed by atoms with E-state index in [2.05, 4.69) is 51.7 Å². The molecule has 1 atom stereocenters. The summed E-state index contributed by atoms with van der Waals surface area (Å²) >= 11 is 0. The molecule has 108 valence electrons. The minimum Gasteiger partial charge on any atom is -0.0984 e. The highest BCUT2D eigenvalue weighted by Gasteiger charge is 2.32. The van der Waals surface area contributed by atoms with Crippen LogP contribution in [0.1, 0.15) is 59.3 Å². The summed E-state index contributed by atoms with van der Waals surface area (Å²) < 4.78 is 0. The minimum atomic E-state index is 0.641. The van der Waals surface area contributed by atoms with Crippen molar-refractivity contribution in [3.63, 3.8) is 0 Å². The Morgan fingerprint density at radius 3 is 2.70 bits per heavy atom. The van der Waals surface area contributed by atoms with E-state index >= 15 is 0 Å². The lowest BCUT2D eigenvalue weighted by atomic mass is 9.86. The molecular formula is C20H28. The maximum atomic E-state index is 4.12. The standard InChI is InChI=1S/C20H28/c1-5-11-15-13-9-10-14-19-16(7-3)18(12-6-2)17(8-4)20(15)19/h8-9,11,13,19H,4-7,10,12,14H2,1-3H3/b15-11-. The molecule has 0 saturated carbocycles. The first-order chi connectivity index (χ1) is 9.78. The zero-order chi connectivity index (χ0) is 14.5. The van der Waals surface area contributed by atoms with E-state index in [0.29, 0.717) is 5.92 Å². The van der Waals surface area contributed by atoms with Crippen LogP contribution in [0.5, 0.6) is 0 Å². The van der Waals surface area contributed by atoms with E-state index in [0.717, 1.165) is 6.42 Å². The molecule has 0 nitrogen and oxygen atoms in total. The zero-order valence-corrected chi connectivity index (χ0v) is 13.3. The summed E-state index contributed by atoms with van der Waals surface area (Å²) in [4.78, 5) is 0. The lowest BCUT2D eigenvalue weighted by Crippen LogP contribution is -2.04. The first-order valence-corrected chi connectivity index (χ1v) is 8.24. The fraction of sp³-hybridized carbons (Fsp3) is 0.500. The Hall–Kier alpha value is -1.30. The molecule has 0 saturated heterocycles. The van der Waals surface area contributed by atoms with Crippen molar-refractivity contribution < 1.29 is 0 Å². The average molecular weight is 268 g/mol. The molecule has 0 amide bonds. The normalized spacial score (nSPS) is 24.4. The van der Waals surface area contributed by atoms with Crippen LogP contribution in [-0.4, -0.2) is 0 Å². The molecule has 0 aromatic heterocycles. The predicted molar refractivity (Wildman–Crippen MR) is 89.7 cm³/mol. The summed E-state index contributed by atoms with van der Waals surface area (Å²) in [7, 11) is 0. The Balaban J connectivity index is 2.57. The second-order valence-corrected chi connectivity index (χ2v) is 5.74. The lowest BCUT2D eigenvalue weighted by molar-refractivity contribution is 0.648. The van der Waals surface area contributed by atoms with Gasteiger partial charge in [-0.2, -0.15) is 0 Å². The highest BCUT2D eigenvalue weighted by Crippen LogP contribution is 2.47. The molecule has 2 rings (SSSR count). The van der Waals surface area contributed by atoms with E-state index in [1.807, 2.05) is 0 Å². The number of fused-ring (bicyclic) bond motifs is 1. The van der Waals surface area contributed by atoms with Crippen molar-refractivity contribution in [2.24, 2.45) is 5.92 Å². The van der Waals surface area contributed by atoms with Gasteiger partial charge < -0.3 is 0 Å². The molecule has 0 spiro atoms. The first-order valence-electron chi connectivity index (χ1n) is 8.24. The van der Waals surface area contributed by atoms with Crippen molar-refractivity contribution in [1.82, 2.24) is 0 Å². The largest absolute Gasteiger partial charge is 0.0984 e. The third-order valence-corrected chi connectivity index (χ3v) is 4.51. The van der Waals surface area contributed by atoms with Crippen molar-refractivity contribution in [2.75, 3.05) is 0 Å². The first kappa shape index (κ1) is 15.1. The van der Waals surface area contributed by atoms with Crippen molar-refractivity contribution in [3.05, 3.63) is 58.7 Å².